The Kier molecular flexibility index (Phi) is 3.89. The number of fused-ring (bicyclic) bond motifs is 4. The number of allylic oxidation sites excluding steroid dienone is 1. The summed E-state index contributed by atoms with van der Waals surface area (Å²) in [6.07, 6.45) is 3.61. The minimum atomic E-state index is 0.238. The van der Waals surface area contributed by atoms with Crippen molar-refractivity contribution in [3.8, 4) is 16.8 Å². The fourth-order valence-electron chi connectivity index (χ4n) is 4.71. The average Bonchev–Trinajstić information content (AvgIpc) is 3.15. The van der Waals surface area contributed by atoms with Crippen molar-refractivity contribution in [1.29, 1.82) is 10.8 Å². The molecule has 4 aromatic carbocycles. The van der Waals surface area contributed by atoms with E-state index in [2.05, 4.69) is 41.0 Å². The summed E-state index contributed by atoms with van der Waals surface area (Å²) in [5.41, 5.74) is 14.5. The van der Waals surface area contributed by atoms with Gasteiger partial charge in [0.15, 0.2) is 0 Å². The molecule has 1 aromatic heterocycles. The van der Waals surface area contributed by atoms with Gasteiger partial charge in [0.25, 0.3) is 0 Å². The average molecular weight is 412 g/mol. The molecule has 5 aromatic rings. The van der Waals surface area contributed by atoms with E-state index in [1.54, 1.807) is 6.08 Å². The lowest BCUT2D eigenvalue weighted by atomic mass is 9.87. The first-order valence-electron chi connectivity index (χ1n) is 10.5. The molecular formula is C28H20N4. The van der Waals surface area contributed by atoms with Crippen molar-refractivity contribution >= 4 is 45.0 Å². The Morgan fingerprint density at radius 1 is 0.688 bits per heavy atom. The number of nitrogens with one attached hydrogen (secondary N) is 2. The quantitative estimate of drug-likeness (QED) is 0.286. The number of aromatic nitrogens is 1. The number of nitrogens with zero attached hydrogens (tertiary/aromatic N) is 1. The van der Waals surface area contributed by atoms with Crippen LogP contribution < -0.4 is 5.73 Å². The summed E-state index contributed by atoms with van der Waals surface area (Å²) in [6.45, 7) is 0. The molecule has 0 spiro atoms. The van der Waals surface area contributed by atoms with Gasteiger partial charge in [0, 0.05) is 16.3 Å². The third kappa shape index (κ3) is 2.56. The summed E-state index contributed by atoms with van der Waals surface area (Å²) < 4.78 is 2.21. The smallest absolute Gasteiger partial charge is 0.0873 e. The summed E-state index contributed by atoms with van der Waals surface area (Å²) in [5.74, 6) is 0. The van der Waals surface area contributed by atoms with Crippen LogP contribution in [0, 0.1) is 10.8 Å². The van der Waals surface area contributed by atoms with Crippen LogP contribution in [0.2, 0.25) is 0 Å². The highest BCUT2D eigenvalue weighted by Gasteiger charge is 2.20. The van der Waals surface area contributed by atoms with Crippen molar-refractivity contribution in [3.63, 3.8) is 0 Å². The van der Waals surface area contributed by atoms with Gasteiger partial charge in [-0.3, -0.25) is 10.8 Å². The molecule has 0 aliphatic heterocycles. The normalized spacial score (nSPS) is 13.1. The van der Waals surface area contributed by atoms with Crippen LogP contribution in [0.15, 0.2) is 91.0 Å². The second-order valence-electron chi connectivity index (χ2n) is 8.04. The number of rotatable bonds is 2. The molecule has 4 N–H and O–H groups in total. The fraction of sp³-hybridized carbons (Fsp3) is 0. The number of hydrogen-bond donors (Lipinski definition) is 3. The van der Waals surface area contributed by atoms with E-state index in [9.17, 15) is 0 Å². The zero-order valence-electron chi connectivity index (χ0n) is 17.3. The van der Waals surface area contributed by atoms with Gasteiger partial charge in [-0.05, 0) is 53.1 Å². The molecule has 0 atom stereocenters. The summed E-state index contributed by atoms with van der Waals surface area (Å²) in [4.78, 5) is 0. The molecule has 0 saturated carbocycles. The highest BCUT2D eigenvalue weighted by Crippen LogP contribution is 2.37. The third-order valence-electron chi connectivity index (χ3n) is 6.21. The molecule has 32 heavy (non-hydrogen) atoms. The van der Waals surface area contributed by atoms with Crippen LogP contribution in [0.3, 0.4) is 0 Å². The van der Waals surface area contributed by atoms with E-state index in [1.165, 1.54) is 0 Å². The van der Waals surface area contributed by atoms with Gasteiger partial charge in [-0.2, -0.15) is 0 Å². The lowest BCUT2D eigenvalue weighted by Crippen LogP contribution is -2.16. The van der Waals surface area contributed by atoms with Crippen LogP contribution >= 0.6 is 0 Å². The van der Waals surface area contributed by atoms with Gasteiger partial charge in [0.2, 0.25) is 0 Å². The maximum atomic E-state index is 8.51. The number of hydrogen-bond acceptors (Lipinski definition) is 3. The lowest BCUT2D eigenvalue weighted by Gasteiger charge is -2.17. The SMILES string of the molecule is N=C1C=Cc2cccc(-c3ccc4c(c3)c3ccccc3n4-c3ccccc3N)c2C1=N. The molecule has 152 valence electrons. The van der Waals surface area contributed by atoms with Crippen LogP contribution in [0.5, 0.6) is 0 Å². The molecule has 6 rings (SSSR count). The van der Waals surface area contributed by atoms with Crippen LogP contribution in [-0.4, -0.2) is 16.0 Å². The Bertz CT molecular complexity index is 1620. The summed E-state index contributed by atoms with van der Waals surface area (Å²) >= 11 is 0. The monoisotopic (exact) mass is 412 g/mol. The van der Waals surface area contributed by atoms with Crippen molar-refractivity contribution < 1.29 is 0 Å². The number of nitrogen functional groups attached to an aromatic ring is 1. The minimum absolute atomic E-state index is 0.238. The number of nitrogens with two attached hydrogens (primary N) is 1. The predicted molar refractivity (Wildman–Crippen MR) is 134 cm³/mol. The summed E-state index contributed by atoms with van der Waals surface area (Å²) in [6, 6.07) is 28.7. The largest absolute Gasteiger partial charge is 0.397 e. The van der Waals surface area contributed by atoms with E-state index in [0.29, 0.717) is 0 Å². The molecule has 0 saturated heterocycles. The van der Waals surface area contributed by atoms with Crippen LogP contribution in [0.25, 0.3) is 44.7 Å². The minimum Gasteiger partial charge on any atom is -0.397 e. The second kappa shape index (κ2) is 6.79. The van der Waals surface area contributed by atoms with Gasteiger partial charge in [0.05, 0.1) is 33.8 Å². The van der Waals surface area contributed by atoms with Gasteiger partial charge in [-0.15, -0.1) is 0 Å². The molecule has 0 amide bonds. The van der Waals surface area contributed by atoms with Crippen molar-refractivity contribution in [1.82, 2.24) is 4.57 Å². The van der Waals surface area contributed by atoms with Gasteiger partial charge in [-0.25, -0.2) is 0 Å². The lowest BCUT2D eigenvalue weighted by molar-refractivity contribution is 1.18. The Labute approximate surface area is 185 Å². The zero-order valence-corrected chi connectivity index (χ0v) is 17.3. The fourth-order valence-corrected chi connectivity index (χ4v) is 4.71. The van der Waals surface area contributed by atoms with Crippen molar-refractivity contribution in [2.24, 2.45) is 0 Å². The first-order valence-corrected chi connectivity index (χ1v) is 10.5. The molecule has 1 heterocycles. The highest BCUT2D eigenvalue weighted by atomic mass is 15.0. The van der Waals surface area contributed by atoms with Gasteiger partial charge < -0.3 is 10.3 Å². The zero-order chi connectivity index (χ0) is 21.8. The molecule has 0 unspecified atom stereocenters. The first kappa shape index (κ1) is 18.3. The molecule has 0 fully saturated rings. The van der Waals surface area contributed by atoms with Crippen molar-refractivity contribution in [2.45, 2.75) is 0 Å². The predicted octanol–water partition coefficient (Wildman–Crippen LogP) is 6.45. The van der Waals surface area contributed by atoms with Gasteiger partial charge >= 0.3 is 0 Å². The van der Waals surface area contributed by atoms with Crippen molar-refractivity contribution in [2.75, 3.05) is 5.73 Å². The van der Waals surface area contributed by atoms with E-state index >= 15 is 0 Å². The molecule has 0 radical (unpaired) electrons. The number of anilines is 1. The molecule has 0 bridgehead atoms. The van der Waals surface area contributed by atoms with E-state index in [4.69, 9.17) is 16.6 Å². The Hall–Kier alpha value is -4.44. The van der Waals surface area contributed by atoms with Crippen LogP contribution in [0.4, 0.5) is 5.69 Å². The van der Waals surface area contributed by atoms with Gasteiger partial charge in [-0.1, -0.05) is 60.7 Å². The summed E-state index contributed by atoms with van der Waals surface area (Å²) in [5, 5.41) is 18.9. The van der Waals surface area contributed by atoms with E-state index in [-0.39, 0.29) is 11.4 Å². The van der Waals surface area contributed by atoms with E-state index < -0.39 is 0 Å². The van der Waals surface area contributed by atoms with Crippen molar-refractivity contribution in [3.05, 3.63) is 102 Å². The maximum Gasteiger partial charge on any atom is 0.0873 e. The van der Waals surface area contributed by atoms with Crippen LogP contribution in [0.1, 0.15) is 11.1 Å². The number of para-hydroxylation sites is 3. The van der Waals surface area contributed by atoms with E-state index in [0.717, 1.165) is 55.4 Å². The Balaban J connectivity index is 1.66. The topological polar surface area (TPSA) is 78.7 Å². The molecule has 4 nitrogen and oxygen atoms in total. The second-order valence-corrected chi connectivity index (χ2v) is 8.04. The highest BCUT2D eigenvalue weighted by molar-refractivity contribution is 6.53. The molecule has 1 aliphatic carbocycles. The molecular weight excluding hydrogens is 392 g/mol. The first-order chi connectivity index (χ1) is 15.6. The van der Waals surface area contributed by atoms with E-state index in [1.807, 2.05) is 54.6 Å². The van der Waals surface area contributed by atoms with Crippen LogP contribution in [-0.2, 0) is 0 Å². The molecule has 1 aliphatic rings. The standard InChI is InChI=1S/C28H20N4/c29-22-9-2-4-11-26(22)32-24-10-3-1-7-20(24)21-16-18(13-15-25(21)32)19-8-5-6-17-12-14-23(30)28(31)27(17)19/h1-16,30-31H,29H2. The maximum absolute atomic E-state index is 8.51. The number of benzene rings is 4. The van der Waals surface area contributed by atoms with Gasteiger partial charge in [0.1, 0.15) is 0 Å². The molecule has 4 heteroatoms. The summed E-state index contributed by atoms with van der Waals surface area (Å²) in [7, 11) is 0. The third-order valence-corrected chi connectivity index (χ3v) is 6.21. The Morgan fingerprint density at radius 3 is 2.34 bits per heavy atom. The Morgan fingerprint density at radius 2 is 1.47 bits per heavy atom.